The summed E-state index contributed by atoms with van der Waals surface area (Å²) in [5, 5.41) is 11.5. The summed E-state index contributed by atoms with van der Waals surface area (Å²) in [6.45, 7) is -1.76. The average molecular weight is 415 g/mol. The number of aromatic carboxylic acids is 1. The molecule has 0 radical (unpaired) electrons. The number of halogens is 4. The highest BCUT2D eigenvalue weighted by Gasteiger charge is 2.53. The Hall–Kier alpha value is -2.91. The van der Waals surface area contributed by atoms with Crippen LogP contribution < -0.4 is 5.32 Å². The van der Waals surface area contributed by atoms with Crippen LogP contribution in [-0.4, -0.2) is 41.9 Å². The van der Waals surface area contributed by atoms with E-state index >= 15 is 0 Å². The molecule has 2 aliphatic rings. The van der Waals surface area contributed by atoms with Crippen molar-refractivity contribution in [2.24, 2.45) is 23.7 Å². The maximum atomic E-state index is 13.1. The van der Waals surface area contributed by atoms with E-state index in [1.54, 1.807) is 12.2 Å². The van der Waals surface area contributed by atoms with Crippen LogP contribution in [0.4, 0.5) is 23.2 Å². The summed E-state index contributed by atoms with van der Waals surface area (Å²) in [5.41, 5.74) is 0.315. The van der Waals surface area contributed by atoms with Gasteiger partial charge in [-0.2, -0.15) is 8.78 Å². The smallest absolute Gasteiger partial charge is 0.340 e. The molecule has 0 aliphatic heterocycles. The molecule has 0 saturated heterocycles. The van der Waals surface area contributed by atoms with Crippen LogP contribution in [0.1, 0.15) is 16.8 Å². The Morgan fingerprint density at radius 3 is 2.24 bits per heavy atom. The first kappa shape index (κ1) is 20.8. The number of nitrogens with one attached hydrogen (secondary N) is 1. The lowest BCUT2D eigenvalue weighted by Gasteiger charge is -2.26. The minimum Gasteiger partial charge on any atom is -0.478 e. The summed E-state index contributed by atoms with van der Waals surface area (Å²) in [4.78, 5) is 35.9. The van der Waals surface area contributed by atoms with Gasteiger partial charge in [0.05, 0.1) is 17.4 Å². The van der Waals surface area contributed by atoms with Gasteiger partial charge in [0.1, 0.15) is 0 Å². The number of carbonyl (C=O) groups excluding carboxylic acids is 2. The van der Waals surface area contributed by atoms with Crippen molar-refractivity contribution >= 4 is 23.5 Å². The Morgan fingerprint density at radius 2 is 1.69 bits per heavy atom. The summed E-state index contributed by atoms with van der Waals surface area (Å²) >= 11 is 0. The van der Waals surface area contributed by atoms with E-state index in [1.165, 1.54) is 24.3 Å². The number of esters is 1. The highest BCUT2D eigenvalue weighted by molar-refractivity contribution is 5.97. The van der Waals surface area contributed by atoms with Crippen molar-refractivity contribution in [1.29, 1.82) is 0 Å². The standard InChI is InChI=1S/C19H17F4NO5/c20-18(21)19(22,23)8-29-17(28)14-11-2-1-10(7-11)13(14)15(25)24-12-5-3-9(4-6-12)16(26)27/h1-6,10-11,13-14,18H,7-8H2,(H,24,25)(H,26,27)/t10-,11-,13+,14+/m0/s1. The third-order valence-electron chi connectivity index (χ3n) is 5.16. The van der Waals surface area contributed by atoms with Crippen LogP contribution in [0, 0.1) is 23.7 Å². The number of alkyl halides is 4. The van der Waals surface area contributed by atoms with E-state index in [4.69, 9.17) is 5.11 Å². The number of carbonyl (C=O) groups is 3. The Balaban J connectivity index is 1.69. The van der Waals surface area contributed by atoms with E-state index in [1.807, 2.05) is 0 Å². The van der Waals surface area contributed by atoms with Crippen molar-refractivity contribution in [2.75, 3.05) is 11.9 Å². The summed E-state index contributed by atoms with van der Waals surface area (Å²) in [6, 6.07) is 5.33. The SMILES string of the molecule is O=C(O)c1ccc(NC(=O)[C@H]2[C@H](C(=O)OCC(F)(F)C(F)F)[C@H]3C=C[C@H]2C3)cc1. The van der Waals surface area contributed by atoms with Gasteiger partial charge in [-0.15, -0.1) is 0 Å². The monoisotopic (exact) mass is 415 g/mol. The van der Waals surface area contributed by atoms with E-state index in [-0.39, 0.29) is 11.5 Å². The van der Waals surface area contributed by atoms with Crippen molar-refractivity contribution in [1.82, 2.24) is 0 Å². The average Bonchev–Trinajstić information content (AvgIpc) is 3.28. The fourth-order valence-electron chi connectivity index (χ4n) is 3.75. The molecule has 0 spiro atoms. The highest BCUT2D eigenvalue weighted by atomic mass is 19.3. The zero-order valence-corrected chi connectivity index (χ0v) is 14.9. The zero-order valence-electron chi connectivity index (χ0n) is 14.9. The molecule has 1 aromatic rings. The summed E-state index contributed by atoms with van der Waals surface area (Å²) in [5.74, 6) is -9.97. The van der Waals surface area contributed by atoms with Gasteiger partial charge in [-0.05, 0) is 42.5 Å². The predicted octanol–water partition coefficient (Wildman–Crippen LogP) is 3.21. The molecule has 10 heteroatoms. The second-order valence-electron chi connectivity index (χ2n) is 7.04. The van der Waals surface area contributed by atoms with Crippen molar-refractivity contribution in [2.45, 2.75) is 18.8 Å². The molecule has 0 aromatic heterocycles. The predicted molar refractivity (Wildman–Crippen MR) is 91.7 cm³/mol. The molecular formula is C19H17F4NO5. The molecule has 2 bridgehead atoms. The molecule has 1 aromatic carbocycles. The molecule has 29 heavy (non-hydrogen) atoms. The lowest BCUT2D eigenvalue weighted by Crippen LogP contribution is -2.40. The van der Waals surface area contributed by atoms with Gasteiger partial charge in [-0.1, -0.05) is 12.2 Å². The molecule has 0 heterocycles. The van der Waals surface area contributed by atoms with Crippen LogP contribution in [0.2, 0.25) is 0 Å². The molecule has 1 fully saturated rings. The normalized spacial score (nSPS) is 25.3. The summed E-state index contributed by atoms with van der Waals surface area (Å²) in [6.07, 6.45) is -0.0861. The Kier molecular flexibility index (Phi) is 5.63. The molecule has 4 atom stereocenters. The third-order valence-corrected chi connectivity index (χ3v) is 5.16. The molecule has 1 amide bonds. The topological polar surface area (TPSA) is 92.7 Å². The van der Waals surface area contributed by atoms with Gasteiger partial charge in [-0.25, -0.2) is 13.6 Å². The maximum absolute atomic E-state index is 13.1. The molecule has 2 N–H and O–H groups in total. The maximum Gasteiger partial charge on any atom is 0.340 e. The Bertz CT molecular complexity index is 840. The van der Waals surface area contributed by atoms with Crippen molar-refractivity contribution in [3.05, 3.63) is 42.0 Å². The molecule has 156 valence electrons. The minimum absolute atomic E-state index is 0.0206. The third kappa shape index (κ3) is 4.25. The number of anilines is 1. The van der Waals surface area contributed by atoms with Crippen LogP contribution in [0.3, 0.4) is 0 Å². The van der Waals surface area contributed by atoms with Crippen LogP contribution in [0.15, 0.2) is 36.4 Å². The Morgan fingerprint density at radius 1 is 1.10 bits per heavy atom. The van der Waals surface area contributed by atoms with Gasteiger partial charge in [-0.3, -0.25) is 9.59 Å². The van der Waals surface area contributed by atoms with Crippen LogP contribution >= 0.6 is 0 Å². The summed E-state index contributed by atoms with van der Waals surface area (Å²) < 4.78 is 55.1. The van der Waals surface area contributed by atoms with Crippen LogP contribution in [0.5, 0.6) is 0 Å². The minimum atomic E-state index is -4.47. The molecular weight excluding hydrogens is 398 g/mol. The van der Waals surface area contributed by atoms with E-state index in [9.17, 15) is 31.9 Å². The number of rotatable bonds is 7. The van der Waals surface area contributed by atoms with Gasteiger partial charge >= 0.3 is 24.3 Å². The van der Waals surface area contributed by atoms with Crippen molar-refractivity contribution in [3.8, 4) is 0 Å². The van der Waals surface area contributed by atoms with Crippen LogP contribution in [-0.2, 0) is 14.3 Å². The number of allylic oxidation sites excluding steroid dienone is 2. The van der Waals surface area contributed by atoms with Gasteiger partial charge in [0.2, 0.25) is 5.91 Å². The zero-order chi connectivity index (χ0) is 21.3. The number of hydrogen-bond acceptors (Lipinski definition) is 4. The van der Waals surface area contributed by atoms with Gasteiger partial charge in [0.15, 0.2) is 6.61 Å². The number of ether oxygens (including phenoxy) is 1. The number of benzene rings is 1. The van der Waals surface area contributed by atoms with E-state index < -0.39 is 54.6 Å². The molecule has 3 rings (SSSR count). The van der Waals surface area contributed by atoms with Gasteiger partial charge in [0.25, 0.3) is 0 Å². The molecule has 0 unspecified atom stereocenters. The lowest BCUT2D eigenvalue weighted by molar-refractivity contribution is -0.184. The second-order valence-corrected chi connectivity index (χ2v) is 7.04. The molecule has 6 nitrogen and oxygen atoms in total. The van der Waals surface area contributed by atoms with Crippen LogP contribution in [0.25, 0.3) is 0 Å². The van der Waals surface area contributed by atoms with E-state index in [0.29, 0.717) is 12.1 Å². The first-order valence-corrected chi connectivity index (χ1v) is 8.75. The fraction of sp³-hybridized carbons (Fsp3) is 0.421. The number of fused-ring (bicyclic) bond motifs is 2. The summed E-state index contributed by atoms with van der Waals surface area (Å²) in [7, 11) is 0. The largest absolute Gasteiger partial charge is 0.478 e. The van der Waals surface area contributed by atoms with Gasteiger partial charge in [0, 0.05) is 5.69 Å². The highest BCUT2D eigenvalue weighted by Crippen LogP contribution is 2.49. The first-order valence-electron chi connectivity index (χ1n) is 8.75. The lowest BCUT2D eigenvalue weighted by atomic mass is 9.82. The number of carboxylic acid groups (broad SMARTS) is 1. The molecule has 1 saturated carbocycles. The van der Waals surface area contributed by atoms with Crippen molar-refractivity contribution < 1.29 is 41.8 Å². The number of amides is 1. The quantitative estimate of drug-likeness (QED) is 0.405. The number of hydrogen-bond donors (Lipinski definition) is 2. The van der Waals surface area contributed by atoms with Gasteiger partial charge < -0.3 is 15.2 Å². The van der Waals surface area contributed by atoms with E-state index in [0.717, 1.165) is 0 Å². The first-order chi connectivity index (χ1) is 13.6. The molecule has 2 aliphatic carbocycles. The fourth-order valence-corrected chi connectivity index (χ4v) is 3.75. The van der Waals surface area contributed by atoms with E-state index in [2.05, 4.69) is 10.1 Å². The number of carboxylic acids is 1. The Labute approximate surface area is 162 Å². The second kappa shape index (κ2) is 7.84. The van der Waals surface area contributed by atoms with Crippen molar-refractivity contribution in [3.63, 3.8) is 0 Å².